The summed E-state index contributed by atoms with van der Waals surface area (Å²) in [6.45, 7) is 0. The summed E-state index contributed by atoms with van der Waals surface area (Å²) in [4.78, 5) is 0. The van der Waals surface area contributed by atoms with E-state index in [0.717, 1.165) is 17.2 Å². The highest BCUT2D eigenvalue weighted by Crippen LogP contribution is 2.45. The molecular formula is C33H39O3P. The highest BCUT2D eigenvalue weighted by Gasteiger charge is 2.24. The van der Waals surface area contributed by atoms with E-state index in [1.54, 1.807) is 0 Å². The topological polar surface area (TPSA) is 27.7 Å². The van der Waals surface area contributed by atoms with Crippen molar-refractivity contribution in [1.29, 1.82) is 0 Å². The van der Waals surface area contributed by atoms with Gasteiger partial charge in [-0.15, -0.1) is 0 Å². The first kappa shape index (κ1) is 24.8. The van der Waals surface area contributed by atoms with Crippen LogP contribution < -0.4 is 13.6 Å². The van der Waals surface area contributed by atoms with Crippen molar-refractivity contribution in [2.24, 2.45) is 0 Å². The third-order valence-electron chi connectivity index (χ3n) is 8.59. The van der Waals surface area contributed by atoms with Crippen LogP contribution in [0.15, 0.2) is 72.8 Å². The maximum absolute atomic E-state index is 6.47. The van der Waals surface area contributed by atoms with Crippen LogP contribution in [0.2, 0.25) is 0 Å². The summed E-state index contributed by atoms with van der Waals surface area (Å²) in [7, 11) is -1.66. The van der Waals surface area contributed by atoms with Crippen molar-refractivity contribution in [3.8, 4) is 17.2 Å². The van der Waals surface area contributed by atoms with Crippen molar-refractivity contribution in [2.45, 2.75) is 94.8 Å². The van der Waals surface area contributed by atoms with Gasteiger partial charge in [0.1, 0.15) is 17.2 Å². The Kier molecular flexibility index (Phi) is 7.98. The largest absolute Gasteiger partial charge is 0.530 e. The van der Waals surface area contributed by atoms with Gasteiger partial charge in [-0.2, -0.15) is 0 Å². The van der Waals surface area contributed by atoms with E-state index in [9.17, 15) is 0 Å². The Morgan fingerprint density at radius 2 is 0.730 bits per heavy atom. The molecule has 0 N–H and O–H groups in total. The molecule has 0 saturated heterocycles. The maximum Gasteiger partial charge on any atom is 0.530 e. The van der Waals surface area contributed by atoms with Gasteiger partial charge in [0.15, 0.2) is 0 Å². The van der Waals surface area contributed by atoms with Gasteiger partial charge in [0.2, 0.25) is 0 Å². The van der Waals surface area contributed by atoms with Crippen LogP contribution in [0.4, 0.5) is 0 Å². The minimum atomic E-state index is -1.66. The fourth-order valence-corrected chi connectivity index (χ4v) is 7.54. The lowest BCUT2D eigenvalue weighted by atomic mass is 9.98. The third-order valence-corrected chi connectivity index (χ3v) is 9.67. The first-order valence-corrected chi connectivity index (χ1v) is 15.5. The Balaban J connectivity index is 1.23. The highest BCUT2D eigenvalue weighted by molar-refractivity contribution is 7.43. The van der Waals surface area contributed by atoms with Crippen LogP contribution in [0.25, 0.3) is 0 Å². The molecule has 0 aliphatic heterocycles. The monoisotopic (exact) mass is 514 g/mol. The summed E-state index contributed by atoms with van der Waals surface area (Å²) >= 11 is 0. The molecule has 3 aromatic rings. The van der Waals surface area contributed by atoms with Crippen LogP contribution in [0, 0.1) is 0 Å². The molecule has 0 atom stereocenters. The fourth-order valence-electron chi connectivity index (χ4n) is 6.57. The third kappa shape index (κ3) is 6.32. The minimum Gasteiger partial charge on any atom is -0.408 e. The molecule has 0 spiro atoms. The van der Waals surface area contributed by atoms with Crippen LogP contribution in [0.5, 0.6) is 17.2 Å². The second-order valence-corrected chi connectivity index (χ2v) is 12.2. The molecule has 3 aliphatic carbocycles. The smallest absolute Gasteiger partial charge is 0.408 e. The highest BCUT2D eigenvalue weighted by atomic mass is 31.2. The fraction of sp³-hybridized carbons (Fsp3) is 0.455. The van der Waals surface area contributed by atoms with Gasteiger partial charge in [-0.25, -0.2) is 0 Å². The predicted molar refractivity (Wildman–Crippen MR) is 152 cm³/mol. The second kappa shape index (κ2) is 11.9. The van der Waals surface area contributed by atoms with Crippen molar-refractivity contribution >= 4 is 8.60 Å². The molecule has 3 aliphatic rings. The quantitative estimate of drug-likeness (QED) is 0.266. The molecule has 0 amide bonds. The van der Waals surface area contributed by atoms with Crippen molar-refractivity contribution in [1.82, 2.24) is 0 Å². The van der Waals surface area contributed by atoms with Crippen LogP contribution in [0.3, 0.4) is 0 Å². The zero-order valence-electron chi connectivity index (χ0n) is 21.8. The molecule has 0 unspecified atom stereocenters. The van der Waals surface area contributed by atoms with Crippen LogP contribution in [-0.4, -0.2) is 0 Å². The summed E-state index contributed by atoms with van der Waals surface area (Å²) in [5.41, 5.74) is 4.12. The van der Waals surface area contributed by atoms with E-state index in [-0.39, 0.29) is 0 Å². The molecule has 3 nitrogen and oxygen atoms in total. The molecule has 37 heavy (non-hydrogen) atoms. The lowest BCUT2D eigenvalue weighted by Crippen LogP contribution is -2.04. The van der Waals surface area contributed by atoms with Crippen LogP contribution >= 0.6 is 8.60 Å². The summed E-state index contributed by atoms with van der Waals surface area (Å²) in [6, 6.07) is 25.7. The van der Waals surface area contributed by atoms with E-state index in [1.165, 1.54) is 93.7 Å². The van der Waals surface area contributed by atoms with Crippen LogP contribution in [-0.2, 0) is 0 Å². The summed E-state index contributed by atoms with van der Waals surface area (Å²) in [5, 5.41) is 0. The lowest BCUT2D eigenvalue weighted by Gasteiger charge is -2.20. The van der Waals surface area contributed by atoms with E-state index >= 15 is 0 Å². The van der Waals surface area contributed by atoms with E-state index in [4.69, 9.17) is 13.6 Å². The van der Waals surface area contributed by atoms with Gasteiger partial charge >= 0.3 is 8.60 Å². The van der Waals surface area contributed by atoms with Crippen molar-refractivity contribution < 1.29 is 13.6 Å². The van der Waals surface area contributed by atoms with Gasteiger partial charge in [0, 0.05) is 0 Å². The molecule has 0 aromatic heterocycles. The Bertz CT molecular complexity index is 1010. The SMILES string of the molecule is c1cc(OP(Oc2cccc(C3CCCC3)c2)Oc2cccc(C3CCCC3)c2)cc(C2CCCC2)c1. The summed E-state index contributed by atoms with van der Waals surface area (Å²) in [6.07, 6.45) is 15.6. The zero-order chi connectivity index (χ0) is 24.9. The normalized spacial score (nSPS) is 19.1. The number of benzene rings is 3. The predicted octanol–water partition coefficient (Wildman–Crippen LogP) is 10.4. The van der Waals surface area contributed by atoms with Gasteiger partial charge in [-0.05, 0) is 109 Å². The van der Waals surface area contributed by atoms with Gasteiger partial charge < -0.3 is 13.6 Å². The maximum atomic E-state index is 6.47. The average Bonchev–Trinajstić information content (AvgIpc) is 3.73. The number of hydrogen-bond donors (Lipinski definition) is 0. The van der Waals surface area contributed by atoms with Gasteiger partial charge in [0.25, 0.3) is 0 Å². The molecule has 4 heteroatoms. The zero-order valence-corrected chi connectivity index (χ0v) is 22.7. The molecule has 3 fully saturated rings. The molecular weight excluding hydrogens is 475 g/mol. The first-order chi connectivity index (χ1) is 18.3. The Labute approximate surface area is 223 Å². The minimum absolute atomic E-state index is 0.641. The van der Waals surface area contributed by atoms with Crippen molar-refractivity contribution in [3.63, 3.8) is 0 Å². The molecule has 6 rings (SSSR count). The summed E-state index contributed by atoms with van der Waals surface area (Å²) < 4.78 is 19.4. The molecule has 0 radical (unpaired) electrons. The number of rotatable bonds is 9. The van der Waals surface area contributed by atoms with Gasteiger partial charge in [-0.3, -0.25) is 0 Å². The Morgan fingerprint density at radius 3 is 1.03 bits per heavy atom. The van der Waals surface area contributed by atoms with E-state index in [1.807, 2.05) is 18.2 Å². The number of hydrogen-bond acceptors (Lipinski definition) is 3. The average molecular weight is 515 g/mol. The second-order valence-electron chi connectivity index (χ2n) is 11.2. The lowest BCUT2D eigenvalue weighted by molar-refractivity contribution is 0.387. The van der Waals surface area contributed by atoms with E-state index < -0.39 is 8.60 Å². The van der Waals surface area contributed by atoms with Gasteiger partial charge in [-0.1, -0.05) is 74.9 Å². The molecule has 3 aromatic carbocycles. The summed E-state index contributed by atoms with van der Waals surface area (Å²) in [5.74, 6) is 4.41. The molecule has 194 valence electrons. The molecule has 0 heterocycles. The first-order valence-electron chi connectivity index (χ1n) is 14.4. The van der Waals surface area contributed by atoms with Gasteiger partial charge in [0.05, 0.1) is 0 Å². The van der Waals surface area contributed by atoms with Crippen LogP contribution in [0.1, 0.15) is 111 Å². The molecule has 3 saturated carbocycles. The Morgan fingerprint density at radius 1 is 0.432 bits per heavy atom. The van der Waals surface area contributed by atoms with E-state index in [2.05, 4.69) is 54.6 Å². The molecule has 0 bridgehead atoms. The van der Waals surface area contributed by atoms with Crippen molar-refractivity contribution in [3.05, 3.63) is 89.5 Å². The standard InChI is InChI=1S/C33H39O3P/c1-2-11-25(10-1)28-16-7-19-31(22-28)34-37(35-32-20-8-17-29(23-32)26-12-3-4-13-26)36-33-21-9-18-30(24-33)27-14-5-6-15-27/h7-9,16-27H,1-6,10-15H2. The van der Waals surface area contributed by atoms with Crippen molar-refractivity contribution in [2.75, 3.05) is 0 Å². The van der Waals surface area contributed by atoms with E-state index in [0.29, 0.717) is 17.8 Å². The Hall–Kier alpha value is -2.51.